The van der Waals surface area contributed by atoms with Crippen molar-refractivity contribution in [1.29, 1.82) is 5.26 Å². The molecule has 0 aliphatic carbocycles. The molecule has 0 radical (unpaired) electrons. The van der Waals surface area contributed by atoms with Crippen molar-refractivity contribution in [2.45, 2.75) is 12.5 Å². The van der Waals surface area contributed by atoms with E-state index in [1.54, 1.807) is 0 Å². The van der Waals surface area contributed by atoms with Gasteiger partial charge in [-0.15, -0.1) is 5.10 Å². The molecule has 2 heterocycles. The summed E-state index contributed by atoms with van der Waals surface area (Å²) >= 11 is 3.47. The van der Waals surface area contributed by atoms with Crippen LogP contribution in [0.25, 0.3) is 11.3 Å². The van der Waals surface area contributed by atoms with E-state index in [2.05, 4.69) is 32.2 Å². The fourth-order valence-corrected chi connectivity index (χ4v) is 4.18. The number of aromatic nitrogens is 2. The second-order valence-electron chi connectivity index (χ2n) is 7.59. The molecular weight excluding hydrogens is 480 g/mol. The van der Waals surface area contributed by atoms with Crippen LogP contribution < -0.4 is 15.2 Å². The van der Waals surface area contributed by atoms with E-state index in [1.807, 2.05) is 78.9 Å². The van der Waals surface area contributed by atoms with E-state index in [4.69, 9.17) is 15.2 Å². The molecule has 33 heavy (non-hydrogen) atoms. The lowest BCUT2D eigenvalue weighted by molar-refractivity contribution is 0.306. The standard InChI is InChI=1S/C26H19BrN4O2/c27-19-10-6-17(7-11-19)22-21(14-28)25(29)33-26-23(22)24(30-31-26)18-8-12-20(13-9-18)32-15-16-4-2-1-3-5-16/h1-13,22H,15,29H2,(H,30,31). The summed E-state index contributed by atoms with van der Waals surface area (Å²) in [5.74, 6) is 0.813. The predicted molar refractivity (Wildman–Crippen MR) is 128 cm³/mol. The molecule has 0 saturated heterocycles. The van der Waals surface area contributed by atoms with Crippen LogP contribution >= 0.6 is 15.9 Å². The minimum atomic E-state index is -0.394. The highest BCUT2D eigenvalue weighted by Gasteiger charge is 2.35. The van der Waals surface area contributed by atoms with Crippen LogP contribution in [0.4, 0.5) is 0 Å². The molecule has 0 amide bonds. The van der Waals surface area contributed by atoms with Crippen molar-refractivity contribution in [2.24, 2.45) is 5.73 Å². The van der Waals surface area contributed by atoms with Crippen molar-refractivity contribution < 1.29 is 9.47 Å². The lowest BCUT2D eigenvalue weighted by Gasteiger charge is -2.24. The number of halogens is 1. The van der Waals surface area contributed by atoms with Crippen LogP contribution in [0.2, 0.25) is 0 Å². The first-order chi connectivity index (χ1) is 16.1. The Morgan fingerprint density at radius 2 is 1.76 bits per heavy atom. The summed E-state index contributed by atoms with van der Waals surface area (Å²) in [4.78, 5) is 0. The van der Waals surface area contributed by atoms with Gasteiger partial charge in [-0.1, -0.05) is 58.4 Å². The molecule has 0 bridgehead atoms. The summed E-state index contributed by atoms with van der Waals surface area (Å²) in [6.45, 7) is 0.495. The zero-order valence-electron chi connectivity index (χ0n) is 17.5. The molecular formula is C26H19BrN4O2. The Morgan fingerprint density at radius 3 is 2.45 bits per heavy atom. The number of allylic oxidation sites excluding steroid dienone is 1. The van der Waals surface area contributed by atoms with Crippen LogP contribution in [0.1, 0.15) is 22.6 Å². The maximum Gasteiger partial charge on any atom is 0.244 e. The third kappa shape index (κ3) is 4.09. The van der Waals surface area contributed by atoms with Crippen molar-refractivity contribution >= 4 is 15.9 Å². The quantitative estimate of drug-likeness (QED) is 0.371. The molecule has 3 N–H and O–H groups in total. The maximum atomic E-state index is 9.84. The summed E-state index contributed by atoms with van der Waals surface area (Å²) in [6, 6.07) is 27.8. The Bertz CT molecular complexity index is 1350. The first-order valence-electron chi connectivity index (χ1n) is 10.3. The number of nitriles is 1. The number of rotatable bonds is 5. The summed E-state index contributed by atoms with van der Waals surface area (Å²) in [6.07, 6.45) is 0. The molecule has 1 atom stereocenters. The number of hydrogen-bond acceptors (Lipinski definition) is 5. The van der Waals surface area contributed by atoms with Gasteiger partial charge in [0.1, 0.15) is 24.0 Å². The third-order valence-corrected chi connectivity index (χ3v) is 6.06. The molecule has 0 fully saturated rings. The smallest absolute Gasteiger partial charge is 0.244 e. The van der Waals surface area contributed by atoms with Crippen molar-refractivity contribution in [3.63, 3.8) is 0 Å². The van der Waals surface area contributed by atoms with Crippen LogP contribution in [-0.2, 0) is 6.61 Å². The molecule has 1 aliphatic rings. The number of nitrogens with two attached hydrogens (primary N) is 1. The first kappa shape index (κ1) is 20.9. The highest BCUT2D eigenvalue weighted by molar-refractivity contribution is 9.10. The van der Waals surface area contributed by atoms with Crippen LogP contribution in [0, 0.1) is 11.3 Å². The lowest BCUT2D eigenvalue weighted by Crippen LogP contribution is -2.20. The number of hydrogen-bond donors (Lipinski definition) is 2. The van der Waals surface area contributed by atoms with Gasteiger partial charge in [-0.3, -0.25) is 5.10 Å². The van der Waals surface area contributed by atoms with Gasteiger partial charge in [-0.05, 0) is 47.5 Å². The molecule has 5 rings (SSSR count). The Balaban J connectivity index is 1.48. The summed E-state index contributed by atoms with van der Waals surface area (Å²) in [5.41, 5.74) is 10.9. The number of nitrogens with one attached hydrogen (secondary N) is 1. The second kappa shape index (κ2) is 8.85. The van der Waals surface area contributed by atoms with Gasteiger partial charge in [-0.2, -0.15) is 5.26 Å². The number of fused-ring (bicyclic) bond motifs is 1. The molecule has 0 saturated carbocycles. The number of aromatic amines is 1. The number of benzene rings is 3. The van der Waals surface area contributed by atoms with Gasteiger partial charge in [0.05, 0.1) is 17.2 Å². The lowest BCUT2D eigenvalue weighted by atomic mass is 9.83. The van der Waals surface area contributed by atoms with Gasteiger partial charge in [0.25, 0.3) is 0 Å². The first-order valence-corrected chi connectivity index (χ1v) is 11.1. The van der Waals surface area contributed by atoms with Gasteiger partial charge >= 0.3 is 0 Å². The van der Waals surface area contributed by atoms with Crippen molar-refractivity contribution in [1.82, 2.24) is 10.2 Å². The van der Waals surface area contributed by atoms with E-state index < -0.39 is 5.92 Å². The average Bonchev–Trinajstić information content (AvgIpc) is 3.27. The van der Waals surface area contributed by atoms with Crippen molar-refractivity contribution in [3.8, 4) is 29.0 Å². The Morgan fingerprint density at radius 1 is 1.03 bits per heavy atom. The normalized spacial score (nSPS) is 14.8. The van der Waals surface area contributed by atoms with Crippen molar-refractivity contribution in [3.05, 3.63) is 111 Å². The van der Waals surface area contributed by atoms with E-state index in [0.29, 0.717) is 18.1 Å². The van der Waals surface area contributed by atoms with Crippen LogP contribution in [0.3, 0.4) is 0 Å². The largest absolute Gasteiger partial charge is 0.489 e. The molecule has 7 heteroatoms. The molecule has 6 nitrogen and oxygen atoms in total. The number of nitrogens with zero attached hydrogens (tertiary/aromatic N) is 2. The van der Waals surface area contributed by atoms with Gasteiger partial charge in [0.2, 0.25) is 11.8 Å². The zero-order chi connectivity index (χ0) is 22.8. The fourth-order valence-electron chi connectivity index (χ4n) is 3.91. The van der Waals surface area contributed by atoms with Crippen molar-refractivity contribution in [2.75, 3.05) is 0 Å². The fraction of sp³-hybridized carbons (Fsp3) is 0.0769. The van der Waals surface area contributed by atoms with Crippen LogP contribution in [-0.4, -0.2) is 10.2 Å². The van der Waals surface area contributed by atoms with E-state index in [9.17, 15) is 5.26 Å². The van der Waals surface area contributed by atoms with Gasteiger partial charge < -0.3 is 15.2 Å². The Kier molecular flexibility index (Phi) is 5.59. The minimum absolute atomic E-state index is 0.0700. The molecule has 0 spiro atoms. The number of ether oxygens (including phenoxy) is 2. The van der Waals surface area contributed by atoms with Crippen LogP contribution in [0.5, 0.6) is 11.6 Å². The van der Waals surface area contributed by atoms with E-state index in [0.717, 1.165) is 38.2 Å². The Hall–Kier alpha value is -4.02. The average molecular weight is 499 g/mol. The minimum Gasteiger partial charge on any atom is -0.489 e. The summed E-state index contributed by atoms with van der Waals surface area (Å²) in [5, 5.41) is 17.2. The molecule has 3 aromatic carbocycles. The second-order valence-corrected chi connectivity index (χ2v) is 8.51. The topological polar surface area (TPSA) is 97.0 Å². The highest BCUT2D eigenvalue weighted by Crippen LogP contribution is 2.45. The molecule has 1 aliphatic heterocycles. The molecule has 1 unspecified atom stereocenters. The molecule has 4 aromatic rings. The molecule has 162 valence electrons. The summed E-state index contributed by atoms with van der Waals surface area (Å²) in [7, 11) is 0. The van der Waals surface area contributed by atoms with E-state index in [-0.39, 0.29) is 5.88 Å². The highest BCUT2D eigenvalue weighted by atomic mass is 79.9. The number of H-pyrrole nitrogens is 1. The SMILES string of the molecule is N#CC1=C(N)Oc2n[nH]c(-c3ccc(OCc4ccccc4)cc3)c2C1c1ccc(Br)cc1. The van der Waals surface area contributed by atoms with Crippen LogP contribution in [0.15, 0.2) is 94.8 Å². The zero-order valence-corrected chi connectivity index (χ0v) is 19.0. The Labute approximate surface area is 199 Å². The van der Waals surface area contributed by atoms with E-state index >= 15 is 0 Å². The predicted octanol–water partition coefficient (Wildman–Crippen LogP) is 5.64. The maximum absolute atomic E-state index is 9.84. The van der Waals surface area contributed by atoms with Gasteiger partial charge in [0, 0.05) is 10.0 Å². The van der Waals surface area contributed by atoms with E-state index in [1.165, 1.54) is 0 Å². The van der Waals surface area contributed by atoms with Gasteiger partial charge in [0.15, 0.2) is 0 Å². The molecule has 1 aromatic heterocycles. The summed E-state index contributed by atoms with van der Waals surface area (Å²) < 4.78 is 12.5. The van der Waals surface area contributed by atoms with Gasteiger partial charge in [-0.25, -0.2) is 0 Å². The monoisotopic (exact) mass is 498 g/mol. The third-order valence-electron chi connectivity index (χ3n) is 5.53.